The van der Waals surface area contributed by atoms with E-state index in [0.717, 1.165) is 17.8 Å². The first-order chi connectivity index (χ1) is 11.4. The number of halogens is 2. The fourth-order valence-electron chi connectivity index (χ4n) is 2.22. The average molecular weight is 357 g/mol. The van der Waals surface area contributed by atoms with Gasteiger partial charge in [0, 0.05) is 16.9 Å². The van der Waals surface area contributed by atoms with Crippen molar-refractivity contribution in [2.75, 3.05) is 12.9 Å². The summed E-state index contributed by atoms with van der Waals surface area (Å²) in [5.41, 5.74) is -1.81. The van der Waals surface area contributed by atoms with Crippen molar-refractivity contribution in [3.05, 3.63) is 48.1 Å². The zero-order chi connectivity index (χ0) is 17.7. The maximum absolute atomic E-state index is 14.3. The highest BCUT2D eigenvalue weighted by molar-refractivity contribution is 8.00. The molecule has 1 aromatic carbocycles. The van der Waals surface area contributed by atoms with Gasteiger partial charge >= 0.3 is 5.97 Å². The third kappa shape index (κ3) is 4.09. The third-order valence-electron chi connectivity index (χ3n) is 3.62. The number of carbonyl (C=O) groups is 1. The molecule has 2 atom stereocenters. The lowest BCUT2D eigenvalue weighted by molar-refractivity contribution is -0.137. The van der Waals surface area contributed by atoms with Gasteiger partial charge in [0.15, 0.2) is 0 Å². The minimum atomic E-state index is -1.73. The molecule has 0 aliphatic heterocycles. The number of benzene rings is 1. The lowest BCUT2D eigenvalue weighted by Crippen LogP contribution is -2.41. The van der Waals surface area contributed by atoms with E-state index in [2.05, 4.69) is 14.8 Å². The molecule has 24 heavy (non-hydrogen) atoms. The molecular formula is C15H17F2N3O3S. The van der Waals surface area contributed by atoms with Crippen molar-refractivity contribution >= 4 is 17.7 Å². The Hall–Kier alpha value is -2.00. The van der Waals surface area contributed by atoms with E-state index in [1.807, 2.05) is 0 Å². The minimum Gasteiger partial charge on any atom is -0.468 e. The Morgan fingerprint density at radius 1 is 1.50 bits per heavy atom. The molecule has 0 fully saturated rings. The highest BCUT2D eigenvalue weighted by Gasteiger charge is 2.39. The van der Waals surface area contributed by atoms with E-state index in [4.69, 9.17) is 0 Å². The molecule has 2 aromatic rings. The van der Waals surface area contributed by atoms with E-state index in [0.29, 0.717) is 6.07 Å². The van der Waals surface area contributed by atoms with Crippen molar-refractivity contribution in [1.82, 2.24) is 14.8 Å². The number of aromatic nitrogens is 3. The molecule has 1 heterocycles. The van der Waals surface area contributed by atoms with Crippen molar-refractivity contribution in [2.24, 2.45) is 0 Å². The van der Waals surface area contributed by atoms with Crippen molar-refractivity contribution in [1.29, 1.82) is 0 Å². The third-order valence-corrected chi connectivity index (χ3v) is 4.91. The van der Waals surface area contributed by atoms with Crippen molar-refractivity contribution in [2.45, 2.75) is 24.3 Å². The fourth-order valence-corrected chi connectivity index (χ4v) is 3.21. The maximum atomic E-state index is 14.3. The molecule has 0 spiro atoms. The van der Waals surface area contributed by atoms with Crippen LogP contribution in [0.1, 0.15) is 12.5 Å². The molecule has 2 unspecified atom stereocenters. The van der Waals surface area contributed by atoms with Crippen LogP contribution in [0.3, 0.4) is 0 Å². The van der Waals surface area contributed by atoms with Crippen molar-refractivity contribution in [3.8, 4) is 0 Å². The van der Waals surface area contributed by atoms with Crippen LogP contribution in [0.4, 0.5) is 8.78 Å². The van der Waals surface area contributed by atoms with Crippen LogP contribution in [0.15, 0.2) is 30.9 Å². The Balaban J connectivity index is 2.34. The Bertz CT molecular complexity index is 699. The fraction of sp³-hybridized carbons (Fsp3) is 0.400. The first-order valence-corrected chi connectivity index (χ1v) is 8.10. The molecule has 0 radical (unpaired) electrons. The van der Waals surface area contributed by atoms with Gasteiger partial charge in [0.2, 0.25) is 0 Å². The Morgan fingerprint density at radius 3 is 2.83 bits per heavy atom. The zero-order valence-electron chi connectivity index (χ0n) is 13.1. The Morgan fingerprint density at radius 2 is 2.25 bits per heavy atom. The summed E-state index contributed by atoms with van der Waals surface area (Å²) in [5, 5.41) is 14.5. The number of esters is 1. The van der Waals surface area contributed by atoms with Gasteiger partial charge in [0.25, 0.3) is 0 Å². The van der Waals surface area contributed by atoms with E-state index in [-0.39, 0.29) is 17.9 Å². The lowest BCUT2D eigenvalue weighted by Gasteiger charge is -2.34. The van der Waals surface area contributed by atoms with Gasteiger partial charge in [-0.15, -0.1) is 11.8 Å². The normalized spacial score (nSPS) is 14.9. The average Bonchev–Trinajstić information content (AvgIpc) is 3.04. The van der Waals surface area contributed by atoms with Crippen LogP contribution in [-0.4, -0.2) is 44.0 Å². The molecular weight excluding hydrogens is 340 g/mol. The maximum Gasteiger partial charge on any atom is 0.315 e. The number of rotatable bonds is 7. The molecule has 1 N–H and O–H groups in total. The molecule has 130 valence electrons. The summed E-state index contributed by atoms with van der Waals surface area (Å²) in [5.74, 6) is -2.09. The van der Waals surface area contributed by atoms with Crippen molar-refractivity contribution < 1.29 is 23.4 Å². The van der Waals surface area contributed by atoms with Crippen LogP contribution in [0.25, 0.3) is 0 Å². The number of ether oxygens (including phenoxy) is 1. The molecule has 2 rings (SSSR count). The predicted octanol–water partition coefficient (Wildman–Crippen LogP) is 1.74. The Labute approximate surface area is 141 Å². The van der Waals surface area contributed by atoms with Gasteiger partial charge in [0.05, 0.1) is 19.4 Å². The quantitative estimate of drug-likeness (QED) is 0.761. The van der Waals surface area contributed by atoms with Crippen LogP contribution in [0.5, 0.6) is 0 Å². The van der Waals surface area contributed by atoms with Gasteiger partial charge in [-0.2, -0.15) is 5.10 Å². The monoisotopic (exact) mass is 357 g/mol. The second-order valence-electron chi connectivity index (χ2n) is 5.17. The summed E-state index contributed by atoms with van der Waals surface area (Å²) >= 11 is 1.10. The van der Waals surface area contributed by atoms with Gasteiger partial charge in [-0.1, -0.05) is 13.0 Å². The standard InChI is InChI=1S/C15H17F2N3O3S/c1-10(24-6-14(21)23-2)15(22,7-20-9-18-8-19-20)12-4-3-11(16)5-13(12)17/h3-5,8-10,22H,6-7H2,1-2H3. The summed E-state index contributed by atoms with van der Waals surface area (Å²) < 4.78 is 33.4. The first kappa shape index (κ1) is 18.3. The van der Waals surface area contributed by atoms with Crippen LogP contribution < -0.4 is 0 Å². The van der Waals surface area contributed by atoms with E-state index >= 15 is 0 Å². The highest BCUT2D eigenvalue weighted by atomic mass is 32.2. The van der Waals surface area contributed by atoms with Crippen LogP contribution in [0, 0.1) is 11.6 Å². The summed E-state index contributed by atoms with van der Waals surface area (Å²) in [6.07, 6.45) is 2.66. The summed E-state index contributed by atoms with van der Waals surface area (Å²) in [7, 11) is 1.26. The number of thioether (sulfide) groups is 1. The molecule has 0 amide bonds. The van der Waals surface area contributed by atoms with Gasteiger partial charge in [-0.05, 0) is 6.07 Å². The van der Waals surface area contributed by atoms with Gasteiger partial charge in [-0.3, -0.25) is 4.79 Å². The molecule has 0 aliphatic carbocycles. The number of aliphatic hydroxyl groups is 1. The topological polar surface area (TPSA) is 77.2 Å². The van der Waals surface area contributed by atoms with E-state index < -0.39 is 28.5 Å². The molecule has 0 saturated carbocycles. The molecule has 0 aliphatic rings. The summed E-state index contributed by atoms with van der Waals surface area (Å²) in [6, 6.07) is 2.97. The molecule has 0 saturated heterocycles. The molecule has 0 bridgehead atoms. The Kier molecular flexibility index (Phi) is 5.89. The zero-order valence-corrected chi connectivity index (χ0v) is 14.0. The smallest absolute Gasteiger partial charge is 0.315 e. The second-order valence-corrected chi connectivity index (χ2v) is 6.50. The number of hydrogen-bond donors (Lipinski definition) is 1. The highest BCUT2D eigenvalue weighted by Crippen LogP contribution is 2.36. The molecule has 1 aromatic heterocycles. The van der Waals surface area contributed by atoms with Crippen molar-refractivity contribution in [3.63, 3.8) is 0 Å². The number of hydrogen-bond acceptors (Lipinski definition) is 6. The summed E-state index contributed by atoms with van der Waals surface area (Å²) in [4.78, 5) is 15.1. The van der Waals surface area contributed by atoms with Gasteiger partial charge in [-0.25, -0.2) is 18.4 Å². The number of methoxy groups -OCH3 is 1. The molecule has 9 heteroatoms. The largest absolute Gasteiger partial charge is 0.468 e. The van der Waals surface area contributed by atoms with E-state index in [1.165, 1.54) is 30.5 Å². The van der Waals surface area contributed by atoms with E-state index in [9.17, 15) is 18.7 Å². The number of carbonyl (C=O) groups excluding carboxylic acids is 1. The molecule has 6 nitrogen and oxygen atoms in total. The predicted molar refractivity (Wildman–Crippen MR) is 84.2 cm³/mol. The lowest BCUT2D eigenvalue weighted by atomic mass is 9.90. The van der Waals surface area contributed by atoms with Crippen LogP contribution in [0.2, 0.25) is 0 Å². The minimum absolute atomic E-state index is 0.0137. The first-order valence-electron chi connectivity index (χ1n) is 7.05. The summed E-state index contributed by atoms with van der Waals surface area (Å²) in [6.45, 7) is 1.54. The van der Waals surface area contributed by atoms with Crippen LogP contribution >= 0.6 is 11.8 Å². The number of nitrogens with zero attached hydrogens (tertiary/aromatic N) is 3. The van der Waals surface area contributed by atoms with Gasteiger partial charge < -0.3 is 9.84 Å². The second kappa shape index (κ2) is 7.71. The SMILES string of the molecule is COC(=O)CSC(C)C(O)(Cn1cncn1)c1ccc(F)cc1F. The van der Waals surface area contributed by atoms with Gasteiger partial charge in [0.1, 0.15) is 29.9 Å². The van der Waals surface area contributed by atoms with Crippen LogP contribution in [-0.2, 0) is 21.7 Å². The van der Waals surface area contributed by atoms with E-state index in [1.54, 1.807) is 6.92 Å².